The first-order valence-corrected chi connectivity index (χ1v) is 11.6. The maximum atomic E-state index is 12.6. The number of nitrogens with zero attached hydrogens (tertiary/aromatic N) is 2. The molecule has 1 saturated heterocycles. The van der Waals surface area contributed by atoms with Gasteiger partial charge in [0, 0.05) is 23.4 Å². The third-order valence-electron chi connectivity index (χ3n) is 5.38. The summed E-state index contributed by atoms with van der Waals surface area (Å²) in [5.74, 6) is 0.901. The fourth-order valence-corrected chi connectivity index (χ4v) is 4.93. The summed E-state index contributed by atoms with van der Waals surface area (Å²) in [6, 6.07) is 11.8. The molecule has 1 fully saturated rings. The highest BCUT2D eigenvalue weighted by Gasteiger charge is 2.25. The summed E-state index contributed by atoms with van der Waals surface area (Å²) in [5.41, 5.74) is 1.93. The van der Waals surface area contributed by atoms with Crippen LogP contribution in [0.2, 0.25) is 5.02 Å². The molecule has 0 spiro atoms. The second kappa shape index (κ2) is 10.2. The Morgan fingerprint density at radius 1 is 1.23 bits per heavy atom. The van der Waals surface area contributed by atoms with Crippen molar-refractivity contribution in [2.75, 3.05) is 19.6 Å². The molecule has 1 aliphatic heterocycles. The number of halogens is 1. The van der Waals surface area contributed by atoms with E-state index in [1.165, 1.54) is 19.3 Å². The molecule has 30 heavy (non-hydrogen) atoms. The molecule has 0 aliphatic carbocycles. The van der Waals surface area contributed by atoms with Crippen molar-refractivity contribution in [2.24, 2.45) is 0 Å². The van der Waals surface area contributed by atoms with Crippen molar-refractivity contribution >= 4 is 28.8 Å². The lowest BCUT2D eigenvalue weighted by Crippen LogP contribution is -2.40. The Bertz CT molecular complexity index is 951. The molecule has 3 aromatic rings. The number of aromatic nitrogens is 1. The Morgan fingerprint density at radius 3 is 2.87 bits per heavy atom. The van der Waals surface area contributed by atoms with E-state index in [1.807, 2.05) is 41.8 Å². The van der Waals surface area contributed by atoms with Gasteiger partial charge in [-0.1, -0.05) is 30.2 Å². The van der Waals surface area contributed by atoms with Crippen LogP contribution in [-0.4, -0.2) is 35.4 Å². The molecular formula is C23H26ClN3O2S. The zero-order valence-corrected chi connectivity index (χ0v) is 18.4. The lowest BCUT2D eigenvalue weighted by atomic mass is 10.1. The van der Waals surface area contributed by atoms with Gasteiger partial charge >= 0.3 is 0 Å². The van der Waals surface area contributed by atoms with Crippen LogP contribution >= 0.6 is 22.9 Å². The fraction of sp³-hybridized carbons (Fsp3) is 0.391. The van der Waals surface area contributed by atoms with Crippen LogP contribution < -0.4 is 5.32 Å². The first-order chi connectivity index (χ1) is 14.7. The van der Waals surface area contributed by atoms with Crippen LogP contribution in [-0.2, 0) is 17.6 Å². The Balaban J connectivity index is 1.32. The lowest BCUT2D eigenvalue weighted by Gasteiger charge is -2.33. The number of thiazole rings is 1. The Hall–Kier alpha value is -2.15. The highest BCUT2D eigenvalue weighted by Crippen LogP contribution is 2.24. The van der Waals surface area contributed by atoms with Crippen molar-refractivity contribution in [3.63, 3.8) is 0 Å². The number of amides is 1. The number of rotatable bonds is 8. The lowest BCUT2D eigenvalue weighted by molar-refractivity contribution is -0.120. The fourth-order valence-electron chi connectivity index (χ4n) is 3.89. The number of piperidine rings is 1. The van der Waals surface area contributed by atoms with Crippen LogP contribution in [0.1, 0.15) is 47.3 Å². The molecule has 4 rings (SSSR count). The first kappa shape index (κ1) is 21.1. The van der Waals surface area contributed by atoms with Gasteiger partial charge in [-0.25, -0.2) is 4.98 Å². The van der Waals surface area contributed by atoms with E-state index in [4.69, 9.17) is 16.0 Å². The van der Waals surface area contributed by atoms with Gasteiger partial charge in [0.1, 0.15) is 5.76 Å². The number of nitrogens with one attached hydrogen (secondary N) is 1. The number of carbonyl (C=O) groups is 1. The van der Waals surface area contributed by atoms with Gasteiger partial charge in [-0.15, -0.1) is 11.3 Å². The van der Waals surface area contributed by atoms with E-state index in [9.17, 15) is 4.79 Å². The van der Waals surface area contributed by atoms with E-state index in [0.29, 0.717) is 6.54 Å². The highest BCUT2D eigenvalue weighted by molar-refractivity contribution is 7.09. The van der Waals surface area contributed by atoms with Gasteiger partial charge in [0.15, 0.2) is 0 Å². The minimum atomic E-state index is -0.0110. The van der Waals surface area contributed by atoms with E-state index in [0.717, 1.165) is 46.6 Å². The first-order valence-electron chi connectivity index (χ1n) is 10.4. The van der Waals surface area contributed by atoms with Gasteiger partial charge in [-0.3, -0.25) is 9.69 Å². The molecule has 0 bridgehead atoms. The summed E-state index contributed by atoms with van der Waals surface area (Å²) in [6.45, 7) is 2.63. The van der Waals surface area contributed by atoms with Gasteiger partial charge in [0.25, 0.3) is 0 Å². The predicted molar refractivity (Wildman–Crippen MR) is 120 cm³/mol. The summed E-state index contributed by atoms with van der Waals surface area (Å²) in [6.07, 6.45) is 6.37. The molecule has 1 aromatic carbocycles. The second-order valence-electron chi connectivity index (χ2n) is 7.65. The van der Waals surface area contributed by atoms with E-state index < -0.39 is 0 Å². The standard InChI is InChI=1S/C23H26ClN3O2S/c24-18-7-4-6-17(12-18)13-23-26-19(16-30-23)14-22(28)25-15-20(21-8-5-11-29-21)27-9-2-1-3-10-27/h4-8,11-12,16,20H,1-3,9-10,13-15H2,(H,25,28). The summed E-state index contributed by atoms with van der Waals surface area (Å²) in [4.78, 5) is 19.6. The third-order valence-corrected chi connectivity index (χ3v) is 6.51. The molecule has 0 saturated carbocycles. The number of hydrogen-bond acceptors (Lipinski definition) is 5. The van der Waals surface area contributed by atoms with Crippen LogP contribution in [0.15, 0.2) is 52.5 Å². The SMILES string of the molecule is O=C(Cc1csc(Cc2cccc(Cl)c2)n1)NCC(c1ccco1)N1CCCCC1. The van der Waals surface area contributed by atoms with Crippen molar-refractivity contribution < 1.29 is 9.21 Å². The molecule has 2 aromatic heterocycles. The van der Waals surface area contributed by atoms with Crippen LogP contribution in [0.5, 0.6) is 0 Å². The molecule has 1 amide bonds. The van der Waals surface area contributed by atoms with E-state index >= 15 is 0 Å². The van der Waals surface area contributed by atoms with Crippen LogP contribution in [0.4, 0.5) is 0 Å². The van der Waals surface area contributed by atoms with E-state index in [2.05, 4.69) is 15.2 Å². The minimum Gasteiger partial charge on any atom is -0.468 e. The van der Waals surface area contributed by atoms with Crippen molar-refractivity contribution in [3.8, 4) is 0 Å². The van der Waals surface area contributed by atoms with Gasteiger partial charge < -0.3 is 9.73 Å². The van der Waals surface area contributed by atoms with E-state index in [-0.39, 0.29) is 18.4 Å². The number of likely N-dealkylation sites (tertiary alicyclic amines) is 1. The maximum Gasteiger partial charge on any atom is 0.226 e. The highest BCUT2D eigenvalue weighted by atomic mass is 35.5. The Morgan fingerprint density at radius 2 is 2.10 bits per heavy atom. The number of benzene rings is 1. The quantitative estimate of drug-likeness (QED) is 0.539. The monoisotopic (exact) mass is 443 g/mol. The largest absolute Gasteiger partial charge is 0.468 e. The zero-order chi connectivity index (χ0) is 20.8. The average Bonchev–Trinajstić information content (AvgIpc) is 3.42. The molecule has 3 heterocycles. The van der Waals surface area contributed by atoms with Crippen molar-refractivity contribution in [1.82, 2.24) is 15.2 Å². The molecule has 1 unspecified atom stereocenters. The maximum absolute atomic E-state index is 12.6. The smallest absolute Gasteiger partial charge is 0.226 e. The van der Waals surface area contributed by atoms with Gasteiger partial charge in [-0.2, -0.15) is 0 Å². The average molecular weight is 444 g/mol. The molecular weight excluding hydrogens is 418 g/mol. The Kier molecular flexibility index (Phi) is 7.20. The normalized spacial score (nSPS) is 15.8. The summed E-state index contributed by atoms with van der Waals surface area (Å²) < 4.78 is 5.65. The summed E-state index contributed by atoms with van der Waals surface area (Å²) in [7, 11) is 0. The number of hydrogen-bond donors (Lipinski definition) is 1. The third kappa shape index (κ3) is 5.72. The van der Waals surface area contributed by atoms with Crippen LogP contribution in [0, 0.1) is 0 Å². The summed E-state index contributed by atoms with van der Waals surface area (Å²) >= 11 is 7.64. The van der Waals surface area contributed by atoms with Crippen molar-refractivity contribution in [3.05, 3.63) is 75.1 Å². The van der Waals surface area contributed by atoms with Gasteiger partial charge in [0.05, 0.1) is 29.4 Å². The van der Waals surface area contributed by atoms with Gasteiger partial charge in [-0.05, 0) is 55.8 Å². The molecule has 0 radical (unpaired) electrons. The molecule has 7 heteroatoms. The minimum absolute atomic E-state index is 0.0110. The van der Waals surface area contributed by atoms with Crippen LogP contribution in [0.25, 0.3) is 0 Å². The van der Waals surface area contributed by atoms with E-state index in [1.54, 1.807) is 17.6 Å². The number of furan rings is 1. The molecule has 1 N–H and O–H groups in total. The predicted octanol–water partition coefficient (Wildman–Crippen LogP) is 4.87. The van der Waals surface area contributed by atoms with Crippen LogP contribution in [0.3, 0.4) is 0 Å². The van der Waals surface area contributed by atoms with Crippen molar-refractivity contribution in [2.45, 2.75) is 38.1 Å². The zero-order valence-electron chi connectivity index (χ0n) is 16.9. The molecule has 1 atom stereocenters. The van der Waals surface area contributed by atoms with Gasteiger partial charge in [0.2, 0.25) is 5.91 Å². The van der Waals surface area contributed by atoms with Crippen molar-refractivity contribution in [1.29, 1.82) is 0 Å². The number of carbonyl (C=O) groups excluding carboxylic acids is 1. The molecule has 5 nitrogen and oxygen atoms in total. The second-order valence-corrected chi connectivity index (χ2v) is 9.03. The topological polar surface area (TPSA) is 58.4 Å². The summed E-state index contributed by atoms with van der Waals surface area (Å²) in [5, 5.41) is 6.77. The Labute approximate surface area is 186 Å². The molecule has 1 aliphatic rings. The molecule has 158 valence electrons.